The fourth-order valence-electron chi connectivity index (χ4n) is 3.20. The predicted molar refractivity (Wildman–Crippen MR) is 90.5 cm³/mol. The molecule has 0 amide bonds. The molecule has 1 fully saturated rings. The van der Waals surface area contributed by atoms with Crippen LogP contribution in [0.3, 0.4) is 0 Å². The maximum Gasteiger partial charge on any atom is 0.305 e. The Bertz CT molecular complexity index is 581. The molecule has 3 atom stereocenters. The first kappa shape index (κ1) is 19.4. The molecule has 138 valence electrons. The van der Waals surface area contributed by atoms with E-state index in [0.717, 1.165) is 5.56 Å². The maximum atomic E-state index is 11.6. The average molecular weight is 350 g/mol. The highest BCUT2D eigenvalue weighted by Gasteiger charge is 2.57. The van der Waals surface area contributed by atoms with Crippen molar-refractivity contribution in [2.75, 3.05) is 0 Å². The molecule has 0 saturated carbocycles. The zero-order valence-corrected chi connectivity index (χ0v) is 15.2. The minimum Gasteiger partial charge on any atom is -0.453 e. The summed E-state index contributed by atoms with van der Waals surface area (Å²) in [5, 5.41) is 0. The molecule has 1 aliphatic heterocycles. The van der Waals surface area contributed by atoms with Crippen molar-refractivity contribution >= 4 is 11.9 Å². The maximum absolute atomic E-state index is 11.6. The van der Waals surface area contributed by atoms with Gasteiger partial charge in [-0.3, -0.25) is 9.59 Å². The molecule has 25 heavy (non-hydrogen) atoms. The molecular weight excluding hydrogens is 324 g/mol. The van der Waals surface area contributed by atoms with Crippen molar-refractivity contribution in [3.05, 3.63) is 35.9 Å². The van der Waals surface area contributed by atoms with E-state index in [4.69, 9.17) is 18.9 Å². The number of hydrogen-bond acceptors (Lipinski definition) is 6. The van der Waals surface area contributed by atoms with Crippen LogP contribution in [0.25, 0.3) is 0 Å². The van der Waals surface area contributed by atoms with Crippen molar-refractivity contribution in [1.82, 2.24) is 0 Å². The van der Waals surface area contributed by atoms with Crippen LogP contribution < -0.4 is 0 Å². The summed E-state index contributed by atoms with van der Waals surface area (Å²) in [5.41, 5.74) is 0.316. The number of carbonyl (C=O) groups is 2. The second-order valence-corrected chi connectivity index (χ2v) is 6.16. The van der Waals surface area contributed by atoms with Gasteiger partial charge in [-0.2, -0.15) is 0 Å². The first-order chi connectivity index (χ1) is 11.9. The van der Waals surface area contributed by atoms with Crippen LogP contribution in [0.1, 0.15) is 46.1 Å². The van der Waals surface area contributed by atoms with E-state index < -0.39 is 36.0 Å². The Morgan fingerprint density at radius 2 is 1.64 bits per heavy atom. The first-order valence-electron chi connectivity index (χ1n) is 8.59. The monoisotopic (exact) mass is 350 g/mol. The van der Waals surface area contributed by atoms with Crippen molar-refractivity contribution in [2.45, 2.75) is 71.2 Å². The molecule has 1 aliphatic rings. The molecule has 0 spiro atoms. The first-order valence-corrected chi connectivity index (χ1v) is 8.59. The Hall–Kier alpha value is -1.92. The normalized spacial score (nSPS) is 24.7. The van der Waals surface area contributed by atoms with Gasteiger partial charge in [0.2, 0.25) is 6.29 Å². The highest BCUT2D eigenvalue weighted by Crippen LogP contribution is 2.41. The molecular formula is C19H26O6. The van der Waals surface area contributed by atoms with Crippen LogP contribution in [0.2, 0.25) is 0 Å². The molecule has 1 saturated heterocycles. The Balaban J connectivity index is 2.26. The highest BCUT2D eigenvalue weighted by molar-refractivity contribution is 5.67. The molecule has 0 N–H and O–H groups in total. The van der Waals surface area contributed by atoms with Crippen molar-refractivity contribution in [3.8, 4) is 0 Å². The number of ether oxygens (including phenoxy) is 4. The largest absolute Gasteiger partial charge is 0.453 e. The number of rotatable bonds is 7. The van der Waals surface area contributed by atoms with Crippen molar-refractivity contribution in [3.63, 3.8) is 0 Å². The summed E-state index contributed by atoms with van der Waals surface area (Å²) < 4.78 is 22.8. The third kappa shape index (κ3) is 4.58. The van der Waals surface area contributed by atoms with Gasteiger partial charge >= 0.3 is 11.9 Å². The lowest BCUT2D eigenvalue weighted by molar-refractivity contribution is -0.205. The molecule has 2 rings (SSSR count). The van der Waals surface area contributed by atoms with Crippen molar-refractivity contribution < 1.29 is 28.5 Å². The van der Waals surface area contributed by atoms with E-state index in [1.165, 1.54) is 13.8 Å². The zero-order valence-electron chi connectivity index (χ0n) is 15.2. The van der Waals surface area contributed by atoms with E-state index >= 15 is 0 Å². The smallest absolute Gasteiger partial charge is 0.305 e. The van der Waals surface area contributed by atoms with Gasteiger partial charge in [0, 0.05) is 13.8 Å². The second-order valence-electron chi connectivity index (χ2n) is 6.16. The van der Waals surface area contributed by atoms with E-state index in [9.17, 15) is 9.59 Å². The topological polar surface area (TPSA) is 71.1 Å². The fourth-order valence-corrected chi connectivity index (χ4v) is 3.20. The lowest BCUT2D eigenvalue weighted by Gasteiger charge is -2.32. The van der Waals surface area contributed by atoms with Crippen LogP contribution in [0.5, 0.6) is 0 Å². The van der Waals surface area contributed by atoms with Crippen LogP contribution in [0.15, 0.2) is 30.3 Å². The predicted octanol–water partition coefficient (Wildman–Crippen LogP) is 2.98. The molecule has 1 unspecified atom stereocenters. The minimum absolute atomic E-state index is 0.348. The van der Waals surface area contributed by atoms with E-state index in [1.54, 1.807) is 0 Å². The van der Waals surface area contributed by atoms with Gasteiger partial charge in [-0.1, -0.05) is 44.2 Å². The standard InChI is InChI=1S/C19H26O6/c1-5-19(6-2)17(22-12-15-10-8-7-9-11-15)16(23-13(3)20)18(25-19)24-14(4)21/h7-11,16-18H,5-6,12H2,1-4H3/t16-,17+,18?/m1/s1. The zero-order chi connectivity index (χ0) is 18.4. The van der Waals surface area contributed by atoms with E-state index in [-0.39, 0.29) is 0 Å². The lowest BCUT2D eigenvalue weighted by atomic mass is 9.89. The Kier molecular flexibility index (Phi) is 6.56. The number of esters is 2. The molecule has 1 aromatic carbocycles. The summed E-state index contributed by atoms with van der Waals surface area (Å²) in [6.07, 6.45) is -1.03. The van der Waals surface area contributed by atoms with Gasteiger partial charge in [0.25, 0.3) is 0 Å². The van der Waals surface area contributed by atoms with Crippen LogP contribution in [0, 0.1) is 0 Å². The summed E-state index contributed by atoms with van der Waals surface area (Å²) in [6.45, 7) is 6.91. The number of benzene rings is 1. The molecule has 6 heteroatoms. The summed E-state index contributed by atoms with van der Waals surface area (Å²) in [7, 11) is 0. The molecule has 6 nitrogen and oxygen atoms in total. The second kappa shape index (κ2) is 8.45. The molecule has 0 aliphatic carbocycles. The van der Waals surface area contributed by atoms with Gasteiger partial charge < -0.3 is 18.9 Å². The third-order valence-corrected chi connectivity index (χ3v) is 4.49. The fraction of sp³-hybridized carbons (Fsp3) is 0.579. The van der Waals surface area contributed by atoms with Crippen LogP contribution in [0.4, 0.5) is 0 Å². The third-order valence-electron chi connectivity index (χ3n) is 4.49. The summed E-state index contributed by atoms with van der Waals surface area (Å²) in [5.74, 6) is -0.964. The van der Waals surface area contributed by atoms with Crippen LogP contribution in [-0.2, 0) is 35.1 Å². The summed E-state index contributed by atoms with van der Waals surface area (Å²) >= 11 is 0. The van der Waals surface area contributed by atoms with Gasteiger partial charge in [0.05, 0.1) is 6.61 Å². The van der Waals surface area contributed by atoms with Gasteiger partial charge in [-0.05, 0) is 18.4 Å². The Labute approximate surface area is 148 Å². The molecule has 1 aromatic rings. The van der Waals surface area contributed by atoms with Gasteiger partial charge in [0.1, 0.15) is 11.7 Å². The number of hydrogen-bond donors (Lipinski definition) is 0. The van der Waals surface area contributed by atoms with Gasteiger partial charge in [-0.15, -0.1) is 0 Å². The molecule has 1 heterocycles. The van der Waals surface area contributed by atoms with E-state index in [1.807, 2.05) is 44.2 Å². The minimum atomic E-state index is -0.970. The summed E-state index contributed by atoms with van der Waals surface area (Å²) in [4.78, 5) is 23.0. The Morgan fingerprint density at radius 3 is 2.16 bits per heavy atom. The van der Waals surface area contributed by atoms with Crippen LogP contribution >= 0.6 is 0 Å². The lowest BCUT2D eigenvalue weighted by Crippen LogP contribution is -2.45. The van der Waals surface area contributed by atoms with Gasteiger partial charge in [0.15, 0.2) is 6.10 Å². The van der Waals surface area contributed by atoms with E-state index in [2.05, 4.69) is 0 Å². The average Bonchev–Trinajstić information content (AvgIpc) is 2.86. The Morgan fingerprint density at radius 1 is 1.04 bits per heavy atom. The van der Waals surface area contributed by atoms with Crippen LogP contribution in [-0.4, -0.2) is 36.0 Å². The number of carbonyl (C=O) groups excluding carboxylic acids is 2. The molecule has 0 aromatic heterocycles. The SMILES string of the molecule is CCC1(CC)OC(OC(C)=O)[C@H](OC(C)=O)[C@@H]1OCc1ccccc1. The van der Waals surface area contributed by atoms with E-state index in [0.29, 0.717) is 19.4 Å². The molecule has 0 bridgehead atoms. The highest BCUT2D eigenvalue weighted by atomic mass is 16.7. The summed E-state index contributed by atoms with van der Waals surface area (Å²) in [6, 6.07) is 9.71. The molecule has 0 radical (unpaired) electrons. The van der Waals surface area contributed by atoms with Crippen molar-refractivity contribution in [1.29, 1.82) is 0 Å². The van der Waals surface area contributed by atoms with Gasteiger partial charge in [-0.25, -0.2) is 0 Å². The quantitative estimate of drug-likeness (QED) is 0.704. The van der Waals surface area contributed by atoms with Crippen molar-refractivity contribution in [2.24, 2.45) is 0 Å².